The molecule has 4 rings (SSSR count). The molecular formula is C22H29N7O4S. The standard InChI is InChI=1S/C22H29N7O4S/c1-13(2)29-12-19(30)28(3)18-11-24-22(27-20(18)29)26-15-8-14(9-16(10-15)34(4,32)33)25-21(31)17-6-5-7-23-17/h8-11,13,17,23H,5-7,12H2,1-4H3,(H,25,31)(H,24,26,27). The van der Waals surface area contributed by atoms with E-state index in [1.54, 1.807) is 19.3 Å². The normalized spacial score (nSPS) is 18.3. The minimum absolute atomic E-state index is 0.0405. The lowest BCUT2D eigenvalue weighted by molar-refractivity contribution is -0.118. The minimum atomic E-state index is -3.54. The Bertz CT molecular complexity index is 1230. The summed E-state index contributed by atoms with van der Waals surface area (Å²) in [6.07, 6.45) is 4.32. The highest BCUT2D eigenvalue weighted by Gasteiger charge is 2.30. The molecule has 1 saturated heterocycles. The van der Waals surface area contributed by atoms with E-state index in [4.69, 9.17) is 0 Å². The molecule has 1 unspecified atom stereocenters. The molecule has 2 aliphatic rings. The Kier molecular flexibility index (Phi) is 6.45. The summed E-state index contributed by atoms with van der Waals surface area (Å²) >= 11 is 0. The second-order valence-electron chi connectivity index (χ2n) is 8.86. The third-order valence-corrected chi connectivity index (χ3v) is 7.01. The van der Waals surface area contributed by atoms with Crippen molar-refractivity contribution in [3.8, 4) is 0 Å². The predicted octanol–water partition coefficient (Wildman–Crippen LogP) is 1.51. The maximum absolute atomic E-state index is 12.6. The zero-order valence-corrected chi connectivity index (χ0v) is 20.4. The summed E-state index contributed by atoms with van der Waals surface area (Å²) in [4.78, 5) is 37.3. The number of aromatic nitrogens is 2. The Morgan fingerprint density at radius 1 is 1.24 bits per heavy atom. The van der Waals surface area contributed by atoms with Gasteiger partial charge in [-0.1, -0.05) is 0 Å². The average molecular weight is 488 g/mol. The number of sulfone groups is 1. The molecule has 1 atom stereocenters. The topological polar surface area (TPSA) is 137 Å². The van der Waals surface area contributed by atoms with E-state index in [0.29, 0.717) is 22.9 Å². The molecule has 1 aromatic carbocycles. The quantitative estimate of drug-likeness (QED) is 0.554. The van der Waals surface area contributed by atoms with Crippen molar-refractivity contribution >= 4 is 50.5 Å². The maximum atomic E-state index is 12.6. The van der Waals surface area contributed by atoms with Crippen LogP contribution in [0.2, 0.25) is 0 Å². The highest BCUT2D eigenvalue weighted by molar-refractivity contribution is 7.90. The molecular weight excluding hydrogens is 458 g/mol. The molecule has 2 amide bonds. The zero-order chi connectivity index (χ0) is 24.6. The second-order valence-corrected chi connectivity index (χ2v) is 10.9. The zero-order valence-electron chi connectivity index (χ0n) is 19.6. The summed E-state index contributed by atoms with van der Waals surface area (Å²) < 4.78 is 24.6. The Balaban J connectivity index is 1.66. The number of rotatable bonds is 6. The van der Waals surface area contributed by atoms with Gasteiger partial charge in [0.1, 0.15) is 5.69 Å². The molecule has 0 spiro atoms. The number of hydrogen-bond donors (Lipinski definition) is 3. The SMILES string of the molecule is CC(C)N1CC(=O)N(C)c2cnc(Nc3cc(NC(=O)C4CCCN4)cc(S(C)(=O)=O)c3)nc21. The molecule has 182 valence electrons. The molecule has 0 radical (unpaired) electrons. The van der Waals surface area contributed by atoms with Gasteiger partial charge in [0.15, 0.2) is 15.7 Å². The lowest BCUT2D eigenvalue weighted by Crippen LogP contribution is -2.47. The number of likely N-dealkylation sites (N-methyl/N-ethyl adjacent to an activating group) is 1. The molecule has 2 aromatic rings. The van der Waals surface area contributed by atoms with Crippen LogP contribution in [0.1, 0.15) is 26.7 Å². The van der Waals surface area contributed by atoms with Gasteiger partial charge in [-0.2, -0.15) is 4.98 Å². The molecule has 1 aromatic heterocycles. The number of carbonyl (C=O) groups excluding carboxylic acids is 2. The van der Waals surface area contributed by atoms with Gasteiger partial charge in [0.2, 0.25) is 17.8 Å². The van der Waals surface area contributed by atoms with Crippen LogP contribution in [0, 0.1) is 0 Å². The smallest absolute Gasteiger partial charge is 0.246 e. The van der Waals surface area contributed by atoms with E-state index in [-0.39, 0.29) is 41.3 Å². The number of carbonyl (C=O) groups is 2. The molecule has 1 fully saturated rings. The van der Waals surface area contributed by atoms with E-state index in [2.05, 4.69) is 25.9 Å². The van der Waals surface area contributed by atoms with Crippen LogP contribution in [0.25, 0.3) is 0 Å². The number of nitrogens with one attached hydrogen (secondary N) is 3. The monoisotopic (exact) mass is 487 g/mol. The minimum Gasteiger partial charge on any atom is -0.343 e. The number of amides is 2. The van der Waals surface area contributed by atoms with E-state index in [1.165, 1.54) is 17.0 Å². The number of anilines is 5. The summed E-state index contributed by atoms with van der Waals surface area (Å²) in [5.41, 5.74) is 1.36. The number of fused-ring (bicyclic) bond motifs is 1. The Hall–Kier alpha value is -3.25. The first-order valence-electron chi connectivity index (χ1n) is 11.1. The first-order valence-corrected chi connectivity index (χ1v) is 13.0. The van der Waals surface area contributed by atoms with Gasteiger partial charge in [-0.3, -0.25) is 9.59 Å². The van der Waals surface area contributed by atoms with Crippen molar-refractivity contribution in [2.75, 3.05) is 46.8 Å². The van der Waals surface area contributed by atoms with Crippen LogP contribution in [0.3, 0.4) is 0 Å². The Labute approximate surface area is 198 Å². The van der Waals surface area contributed by atoms with Gasteiger partial charge in [-0.15, -0.1) is 0 Å². The van der Waals surface area contributed by atoms with E-state index < -0.39 is 9.84 Å². The van der Waals surface area contributed by atoms with Crippen LogP contribution in [0.5, 0.6) is 0 Å². The fourth-order valence-electron chi connectivity index (χ4n) is 3.99. The average Bonchev–Trinajstić information content (AvgIpc) is 3.30. The van der Waals surface area contributed by atoms with Crippen LogP contribution in [0.4, 0.5) is 28.8 Å². The molecule has 3 heterocycles. The summed E-state index contributed by atoms with van der Waals surface area (Å²) in [5, 5.41) is 8.98. The molecule has 34 heavy (non-hydrogen) atoms. The lowest BCUT2D eigenvalue weighted by Gasteiger charge is -2.36. The Morgan fingerprint density at radius 2 is 1.97 bits per heavy atom. The van der Waals surface area contributed by atoms with Crippen LogP contribution in [0.15, 0.2) is 29.3 Å². The third kappa shape index (κ3) is 4.97. The van der Waals surface area contributed by atoms with Crippen molar-refractivity contribution in [3.05, 3.63) is 24.4 Å². The lowest BCUT2D eigenvalue weighted by atomic mass is 10.2. The third-order valence-electron chi connectivity index (χ3n) is 5.92. The van der Waals surface area contributed by atoms with Crippen molar-refractivity contribution in [2.24, 2.45) is 0 Å². The van der Waals surface area contributed by atoms with Gasteiger partial charge in [0, 0.05) is 30.7 Å². The van der Waals surface area contributed by atoms with E-state index in [1.807, 2.05) is 18.7 Å². The Morgan fingerprint density at radius 3 is 2.62 bits per heavy atom. The summed E-state index contributed by atoms with van der Waals surface area (Å²) in [6.45, 7) is 4.92. The highest BCUT2D eigenvalue weighted by atomic mass is 32.2. The first kappa shape index (κ1) is 23.9. The summed E-state index contributed by atoms with van der Waals surface area (Å²) in [5.74, 6) is 0.588. The number of benzene rings is 1. The predicted molar refractivity (Wildman–Crippen MR) is 130 cm³/mol. The van der Waals surface area contributed by atoms with Gasteiger partial charge in [-0.25, -0.2) is 13.4 Å². The second kappa shape index (κ2) is 9.18. The van der Waals surface area contributed by atoms with Crippen LogP contribution < -0.4 is 25.8 Å². The molecule has 3 N–H and O–H groups in total. The van der Waals surface area contributed by atoms with E-state index in [0.717, 1.165) is 25.6 Å². The fourth-order valence-corrected chi connectivity index (χ4v) is 4.67. The van der Waals surface area contributed by atoms with Crippen molar-refractivity contribution in [1.82, 2.24) is 15.3 Å². The first-order chi connectivity index (χ1) is 16.0. The molecule has 0 saturated carbocycles. The molecule has 2 aliphatic heterocycles. The summed E-state index contributed by atoms with van der Waals surface area (Å²) in [6, 6.07) is 4.28. The van der Waals surface area contributed by atoms with Crippen molar-refractivity contribution in [2.45, 2.75) is 43.7 Å². The molecule has 11 nitrogen and oxygen atoms in total. The molecule has 12 heteroatoms. The molecule has 0 aliphatic carbocycles. The van der Waals surface area contributed by atoms with Crippen molar-refractivity contribution < 1.29 is 18.0 Å². The van der Waals surface area contributed by atoms with Crippen LogP contribution >= 0.6 is 0 Å². The van der Waals surface area contributed by atoms with Gasteiger partial charge in [0.05, 0.1) is 23.7 Å². The number of hydrogen-bond acceptors (Lipinski definition) is 9. The van der Waals surface area contributed by atoms with Gasteiger partial charge < -0.3 is 25.8 Å². The van der Waals surface area contributed by atoms with Gasteiger partial charge in [-0.05, 0) is 51.4 Å². The van der Waals surface area contributed by atoms with Gasteiger partial charge >= 0.3 is 0 Å². The number of nitrogens with zero attached hydrogens (tertiary/aromatic N) is 4. The fraction of sp³-hybridized carbons (Fsp3) is 0.455. The largest absolute Gasteiger partial charge is 0.343 e. The highest BCUT2D eigenvalue weighted by Crippen LogP contribution is 2.33. The van der Waals surface area contributed by atoms with E-state index >= 15 is 0 Å². The van der Waals surface area contributed by atoms with E-state index in [9.17, 15) is 18.0 Å². The summed E-state index contributed by atoms with van der Waals surface area (Å²) in [7, 11) is -1.86. The van der Waals surface area contributed by atoms with Crippen molar-refractivity contribution in [3.63, 3.8) is 0 Å². The van der Waals surface area contributed by atoms with Crippen LogP contribution in [-0.2, 0) is 19.4 Å². The van der Waals surface area contributed by atoms with Crippen LogP contribution in [-0.4, -0.2) is 68.7 Å². The van der Waals surface area contributed by atoms with Gasteiger partial charge in [0.25, 0.3) is 0 Å². The van der Waals surface area contributed by atoms with Crippen molar-refractivity contribution in [1.29, 1.82) is 0 Å². The maximum Gasteiger partial charge on any atom is 0.246 e. The molecule has 0 bridgehead atoms.